The topological polar surface area (TPSA) is 61.3 Å². The molecule has 0 aromatic carbocycles. The van der Waals surface area contributed by atoms with Crippen LogP contribution in [0.15, 0.2) is 6.07 Å². The quantitative estimate of drug-likeness (QED) is 0.774. The Morgan fingerprint density at radius 1 is 1.50 bits per heavy atom. The summed E-state index contributed by atoms with van der Waals surface area (Å²) < 4.78 is 0. The molecule has 5 nitrogen and oxygen atoms in total. The van der Waals surface area contributed by atoms with Crippen LogP contribution < -0.4 is 10.2 Å². The van der Waals surface area contributed by atoms with E-state index in [2.05, 4.69) is 20.2 Å². The van der Waals surface area contributed by atoms with Crippen LogP contribution in [0.25, 0.3) is 0 Å². The van der Waals surface area contributed by atoms with Gasteiger partial charge in [0.05, 0.1) is 5.60 Å². The van der Waals surface area contributed by atoms with Gasteiger partial charge in [-0.25, -0.2) is 4.98 Å². The molecule has 1 aliphatic heterocycles. The van der Waals surface area contributed by atoms with Crippen molar-refractivity contribution in [2.24, 2.45) is 0 Å². The lowest BCUT2D eigenvalue weighted by atomic mass is 10.1. The van der Waals surface area contributed by atoms with Crippen molar-refractivity contribution in [3.8, 4) is 0 Å². The smallest absolute Gasteiger partial charge is 0.224 e. The number of rotatable bonds is 2. The maximum absolute atomic E-state index is 9.92. The third-order valence-corrected chi connectivity index (χ3v) is 2.84. The average Bonchev–Trinajstić information content (AvgIpc) is 2.58. The van der Waals surface area contributed by atoms with Gasteiger partial charge in [0.15, 0.2) is 0 Å². The Balaban J connectivity index is 2.24. The van der Waals surface area contributed by atoms with Gasteiger partial charge in [-0.1, -0.05) is 0 Å². The second-order valence-electron chi connectivity index (χ2n) is 4.61. The molecule has 0 bridgehead atoms. The Hall–Kier alpha value is -1.36. The van der Waals surface area contributed by atoms with Gasteiger partial charge < -0.3 is 15.3 Å². The maximum atomic E-state index is 9.92. The molecular formula is C11H18N4O. The van der Waals surface area contributed by atoms with Crippen molar-refractivity contribution in [3.05, 3.63) is 11.8 Å². The van der Waals surface area contributed by atoms with Crippen molar-refractivity contribution in [2.45, 2.75) is 25.9 Å². The number of nitrogens with one attached hydrogen (secondary N) is 1. The normalized spacial score (nSPS) is 24.9. The van der Waals surface area contributed by atoms with E-state index >= 15 is 0 Å². The van der Waals surface area contributed by atoms with E-state index in [9.17, 15) is 5.11 Å². The van der Waals surface area contributed by atoms with E-state index in [1.807, 2.05) is 19.9 Å². The molecule has 1 aliphatic rings. The highest BCUT2D eigenvalue weighted by molar-refractivity contribution is 5.46. The second-order valence-corrected chi connectivity index (χ2v) is 4.61. The summed E-state index contributed by atoms with van der Waals surface area (Å²) in [4.78, 5) is 10.7. The van der Waals surface area contributed by atoms with E-state index in [4.69, 9.17) is 0 Å². The van der Waals surface area contributed by atoms with Crippen molar-refractivity contribution < 1.29 is 5.11 Å². The lowest BCUT2D eigenvalue weighted by Crippen LogP contribution is -2.30. The second kappa shape index (κ2) is 3.90. The first-order valence-corrected chi connectivity index (χ1v) is 5.51. The Morgan fingerprint density at radius 3 is 2.81 bits per heavy atom. The third-order valence-electron chi connectivity index (χ3n) is 2.84. The molecule has 0 aliphatic carbocycles. The minimum absolute atomic E-state index is 0.599. The summed E-state index contributed by atoms with van der Waals surface area (Å²) >= 11 is 0. The molecule has 0 spiro atoms. The summed E-state index contributed by atoms with van der Waals surface area (Å²) in [7, 11) is 1.80. The molecule has 0 radical (unpaired) electrons. The number of β-amino-alcohol motifs (C(OH)–C–C–N with tert-alkyl or cyclic N) is 1. The summed E-state index contributed by atoms with van der Waals surface area (Å²) in [5.41, 5.74) is 0.333. The van der Waals surface area contributed by atoms with Gasteiger partial charge in [0.25, 0.3) is 0 Å². The van der Waals surface area contributed by atoms with Crippen LogP contribution in [-0.4, -0.2) is 40.8 Å². The molecule has 2 N–H and O–H groups in total. The van der Waals surface area contributed by atoms with Gasteiger partial charge in [0.1, 0.15) is 5.82 Å². The van der Waals surface area contributed by atoms with E-state index in [0.29, 0.717) is 12.5 Å². The van der Waals surface area contributed by atoms with Crippen LogP contribution in [0.2, 0.25) is 0 Å². The largest absolute Gasteiger partial charge is 0.388 e. The van der Waals surface area contributed by atoms with Crippen LogP contribution in [0.3, 0.4) is 0 Å². The van der Waals surface area contributed by atoms with Gasteiger partial charge >= 0.3 is 0 Å². The van der Waals surface area contributed by atoms with Gasteiger partial charge in [0.2, 0.25) is 5.95 Å². The molecule has 0 amide bonds. The molecule has 1 unspecified atom stereocenters. The van der Waals surface area contributed by atoms with E-state index in [0.717, 1.165) is 24.5 Å². The van der Waals surface area contributed by atoms with Crippen LogP contribution in [0, 0.1) is 6.92 Å². The molecule has 2 heterocycles. The van der Waals surface area contributed by atoms with Crippen LogP contribution in [0.1, 0.15) is 19.0 Å². The molecule has 2 rings (SSSR count). The highest BCUT2D eigenvalue weighted by Gasteiger charge is 2.32. The summed E-state index contributed by atoms with van der Waals surface area (Å²) in [5.74, 6) is 1.51. The monoisotopic (exact) mass is 222 g/mol. The zero-order valence-electron chi connectivity index (χ0n) is 9.99. The molecule has 5 heteroatoms. The summed E-state index contributed by atoms with van der Waals surface area (Å²) in [6.07, 6.45) is 0.783. The summed E-state index contributed by atoms with van der Waals surface area (Å²) in [6, 6.07) is 1.95. The van der Waals surface area contributed by atoms with E-state index in [1.165, 1.54) is 0 Å². The minimum atomic E-state index is -0.599. The lowest BCUT2D eigenvalue weighted by molar-refractivity contribution is 0.0839. The molecular weight excluding hydrogens is 204 g/mol. The SMILES string of the molecule is CNc1nc(C)cc(N2CCC(C)(O)C2)n1. The van der Waals surface area contributed by atoms with Crippen molar-refractivity contribution in [2.75, 3.05) is 30.4 Å². The van der Waals surface area contributed by atoms with E-state index in [-0.39, 0.29) is 0 Å². The highest BCUT2D eigenvalue weighted by Crippen LogP contribution is 2.25. The van der Waals surface area contributed by atoms with Gasteiger partial charge in [-0.2, -0.15) is 4.98 Å². The van der Waals surface area contributed by atoms with Crippen LogP contribution in [-0.2, 0) is 0 Å². The molecule has 0 saturated carbocycles. The van der Waals surface area contributed by atoms with Gasteiger partial charge in [-0.05, 0) is 20.3 Å². The molecule has 1 atom stereocenters. The number of anilines is 2. The molecule has 1 aromatic heterocycles. The van der Waals surface area contributed by atoms with Gasteiger partial charge in [-0.15, -0.1) is 0 Å². The first kappa shape index (κ1) is 11.1. The van der Waals surface area contributed by atoms with Crippen LogP contribution in [0.5, 0.6) is 0 Å². The van der Waals surface area contributed by atoms with Crippen LogP contribution >= 0.6 is 0 Å². The number of aromatic nitrogens is 2. The van der Waals surface area contributed by atoms with E-state index in [1.54, 1.807) is 7.05 Å². The van der Waals surface area contributed by atoms with Crippen molar-refractivity contribution >= 4 is 11.8 Å². The maximum Gasteiger partial charge on any atom is 0.224 e. The fraction of sp³-hybridized carbons (Fsp3) is 0.636. The van der Waals surface area contributed by atoms with Crippen molar-refractivity contribution in [1.29, 1.82) is 0 Å². The zero-order chi connectivity index (χ0) is 11.8. The number of aryl methyl sites for hydroxylation is 1. The van der Waals surface area contributed by atoms with Crippen molar-refractivity contribution in [1.82, 2.24) is 9.97 Å². The molecule has 88 valence electrons. The summed E-state index contributed by atoms with van der Waals surface area (Å²) in [6.45, 7) is 5.28. The third kappa shape index (κ3) is 2.24. The number of hydrogen-bond donors (Lipinski definition) is 2. The zero-order valence-corrected chi connectivity index (χ0v) is 9.99. The molecule has 1 fully saturated rings. The molecule has 16 heavy (non-hydrogen) atoms. The average molecular weight is 222 g/mol. The fourth-order valence-electron chi connectivity index (χ4n) is 1.97. The fourth-order valence-corrected chi connectivity index (χ4v) is 1.97. The molecule has 1 saturated heterocycles. The lowest BCUT2D eigenvalue weighted by Gasteiger charge is -2.20. The minimum Gasteiger partial charge on any atom is -0.388 e. The van der Waals surface area contributed by atoms with Gasteiger partial charge in [0, 0.05) is 31.9 Å². The number of hydrogen-bond acceptors (Lipinski definition) is 5. The van der Waals surface area contributed by atoms with Gasteiger partial charge in [-0.3, -0.25) is 0 Å². The standard InChI is InChI=1S/C11H18N4O/c1-8-6-9(14-10(12-3)13-8)15-5-4-11(2,16)7-15/h6,16H,4-5,7H2,1-3H3,(H,12,13,14). The predicted octanol–water partition coefficient (Wildman–Crippen LogP) is 0.788. The first-order valence-electron chi connectivity index (χ1n) is 5.51. The Bertz CT molecular complexity index is 392. The highest BCUT2D eigenvalue weighted by atomic mass is 16.3. The summed E-state index contributed by atoms with van der Waals surface area (Å²) in [5, 5.41) is 12.9. The van der Waals surface area contributed by atoms with Crippen LogP contribution in [0.4, 0.5) is 11.8 Å². The first-order chi connectivity index (χ1) is 7.50. The predicted molar refractivity (Wildman–Crippen MR) is 63.8 cm³/mol. The number of aliphatic hydroxyl groups is 1. The number of nitrogens with zero attached hydrogens (tertiary/aromatic N) is 3. The van der Waals surface area contributed by atoms with Crippen molar-refractivity contribution in [3.63, 3.8) is 0 Å². The Morgan fingerprint density at radius 2 is 2.25 bits per heavy atom. The molecule has 1 aromatic rings. The Labute approximate surface area is 95.5 Å². The Kier molecular flexibility index (Phi) is 2.71. The van der Waals surface area contributed by atoms with E-state index < -0.39 is 5.60 Å².